The minimum Gasteiger partial charge on any atom is -0.491 e. The Balaban J connectivity index is 1.85. The van der Waals surface area contributed by atoms with Crippen LogP contribution in [-0.4, -0.2) is 43.3 Å². The van der Waals surface area contributed by atoms with Crippen molar-refractivity contribution in [3.05, 3.63) is 54.1 Å². The van der Waals surface area contributed by atoms with E-state index in [0.29, 0.717) is 29.3 Å². The molecule has 0 spiro atoms. The van der Waals surface area contributed by atoms with Gasteiger partial charge in [0.15, 0.2) is 6.61 Å². The van der Waals surface area contributed by atoms with E-state index < -0.39 is 0 Å². The number of amides is 2. The van der Waals surface area contributed by atoms with Gasteiger partial charge in [-0.25, -0.2) is 0 Å². The van der Waals surface area contributed by atoms with Crippen molar-refractivity contribution in [2.45, 2.75) is 6.92 Å². The number of carbonyl (C=O) groups is 2. The van der Waals surface area contributed by atoms with Crippen molar-refractivity contribution in [3.63, 3.8) is 0 Å². The summed E-state index contributed by atoms with van der Waals surface area (Å²) in [6, 6.07) is 13.4. The normalized spacial score (nSPS) is 10.1. The summed E-state index contributed by atoms with van der Waals surface area (Å²) in [7, 11) is 0. The average Bonchev–Trinajstić information content (AvgIpc) is 2.66. The topological polar surface area (TPSA) is 96.9 Å². The Hall–Kier alpha value is -3.06. The van der Waals surface area contributed by atoms with Gasteiger partial charge in [0.2, 0.25) is 0 Å². The van der Waals surface area contributed by atoms with Crippen molar-refractivity contribution >= 4 is 17.5 Å². The lowest BCUT2D eigenvalue weighted by atomic mass is 10.2. The van der Waals surface area contributed by atoms with E-state index >= 15 is 0 Å². The van der Waals surface area contributed by atoms with Gasteiger partial charge in [-0.1, -0.05) is 6.07 Å². The van der Waals surface area contributed by atoms with Gasteiger partial charge in [-0.2, -0.15) is 0 Å². The second-order valence-corrected chi connectivity index (χ2v) is 5.32. The third-order valence-corrected chi connectivity index (χ3v) is 3.30. The van der Waals surface area contributed by atoms with Crippen molar-refractivity contribution in [2.24, 2.45) is 0 Å². The van der Waals surface area contributed by atoms with Gasteiger partial charge in [0.05, 0.1) is 6.61 Å². The van der Waals surface area contributed by atoms with Gasteiger partial charge in [-0.05, 0) is 49.4 Å². The highest BCUT2D eigenvalue weighted by Crippen LogP contribution is 2.17. The summed E-state index contributed by atoms with van der Waals surface area (Å²) in [5, 5.41) is 14.1. The van der Waals surface area contributed by atoms with E-state index in [1.807, 2.05) is 6.92 Å². The van der Waals surface area contributed by atoms with Gasteiger partial charge in [-0.15, -0.1) is 0 Å². The number of aliphatic hydroxyl groups excluding tert-OH is 1. The number of nitrogens with one attached hydrogen (secondary N) is 2. The summed E-state index contributed by atoms with van der Waals surface area (Å²) in [6.45, 7) is 2.37. The predicted octanol–water partition coefficient (Wildman–Crippen LogP) is 1.82. The summed E-state index contributed by atoms with van der Waals surface area (Å²) >= 11 is 0. The number of hydrogen-bond acceptors (Lipinski definition) is 5. The fourth-order valence-corrected chi connectivity index (χ4v) is 2.14. The van der Waals surface area contributed by atoms with E-state index in [9.17, 15) is 9.59 Å². The minimum atomic E-state index is -0.335. The van der Waals surface area contributed by atoms with Gasteiger partial charge >= 0.3 is 0 Å². The molecule has 7 nitrogen and oxygen atoms in total. The molecule has 0 unspecified atom stereocenters. The first-order valence-corrected chi connectivity index (χ1v) is 8.27. The first kappa shape index (κ1) is 19.3. The number of rotatable bonds is 9. The van der Waals surface area contributed by atoms with E-state index in [1.165, 1.54) is 0 Å². The lowest BCUT2D eigenvalue weighted by Gasteiger charge is -2.10. The summed E-state index contributed by atoms with van der Waals surface area (Å²) in [4.78, 5) is 23.8. The monoisotopic (exact) mass is 358 g/mol. The fraction of sp³-hybridized carbons (Fsp3) is 0.263. The van der Waals surface area contributed by atoms with Gasteiger partial charge in [0.1, 0.15) is 18.1 Å². The molecule has 0 fully saturated rings. The molecule has 138 valence electrons. The molecule has 0 bridgehead atoms. The van der Waals surface area contributed by atoms with Crippen LogP contribution in [0.1, 0.15) is 17.3 Å². The van der Waals surface area contributed by atoms with Crippen LogP contribution in [0.15, 0.2) is 48.5 Å². The quantitative estimate of drug-likeness (QED) is 0.635. The Morgan fingerprint density at radius 3 is 2.38 bits per heavy atom. The lowest BCUT2D eigenvalue weighted by molar-refractivity contribution is -0.118. The molecule has 0 atom stereocenters. The van der Waals surface area contributed by atoms with Crippen LogP contribution in [0.4, 0.5) is 5.69 Å². The van der Waals surface area contributed by atoms with Gasteiger partial charge < -0.3 is 25.2 Å². The molecule has 3 N–H and O–H groups in total. The molecule has 2 rings (SSSR count). The van der Waals surface area contributed by atoms with Gasteiger partial charge in [0, 0.05) is 17.8 Å². The molecule has 26 heavy (non-hydrogen) atoms. The van der Waals surface area contributed by atoms with Gasteiger partial charge in [-0.3, -0.25) is 9.59 Å². The first-order valence-electron chi connectivity index (χ1n) is 8.27. The molecule has 0 aliphatic carbocycles. The molecular weight excluding hydrogens is 336 g/mol. The fourth-order valence-electron chi connectivity index (χ4n) is 2.14. The van der Waals surface area contributed by atoms with E-state index in [1.54, 1.807) is 48.5 Å². The highest BCUT2D eigenvalue weighted by Gasteiger charge is 2.08. The van der Waals surface area contributed by atoms with E-state index in [4.69, 9.17) is 14.6 Å². The van der Waals surface area contributed by atoms with Crippen LogP contribution >= 0.6 is 0 Å². The lowest BCUT2D eigenvalue weighted by Crippen LogP contribution is -2.23. The van der Waals surface area contributed by atoms with Crippen LogP contribution in [-0.2, 0) is 4.79 Å². The number of benzene rings is 2. The molecule has 0 saturated carbocycles. The average molecular weight is 358 g/mol. The van der Waals surface area contributed by atoms with Crippen LogP contribution < -0.4 is 20.1 Å². The molecule has 2 aromatic carbocycles. The molecule has 2 aromatic rings. The molecular formula is C19H22N2O5. The third kappa shape index (κ3) is 6.10. The SMILES string of the molecule is CCNC(=O)c1cccc(NC(=O)COc2ccc(OCCO)cc2)c1. The zero-order valence-corrected chi connectivity index (χ0v) is 14.5. The maximum Gasteiger partial charge on any atom is 0.262 e. The largest absolute Gasteiger partial charge is 0.491 e. The van der Waals surface area contributed by atoms with Gasteiger partial charge in [0.25, 0.3) is 11.8 Å². The van der Waals surface area contributed by atoms with Crippen molar-refractivity contribution < 1.29 is 24.2 Å². The van der Waals surface area contributed by atoms with E-state index in [-0.39, 0.29) is 31.6 Å². The van der Waals surface area contributed by atoms with Crippen molar-refractivity contribution in [1.82, 2.24) is 5.32 Å². The van der Waals surface area contributed by atoms with Crippen molar-refractivity contribution in [2.75, 3.05) is 31.7 Å². The summed E-state index contributed by atoms with van der Waals surface area (Å²) in [5.41, 5.74) is 0.999. The zero-order chi connectivity index (χ0) is 18.8. The van der Waals surface area contributed by atoms with Crippen LogP contribution in [0.25, 0.3) is 0 Å². The number of aliphatic hydroxyl groups is 1. The Labute approximate surface area is 151 Å². The minimum absolute atomic E-state index is 0.0558. The second-order valence-electron chi connectivity index (χ2n) is 5.32. The molecule has 0 aliphatic heterocycles. The molecule has 0 radical (unpaired) electrons. The smallest absolute Gasteiger partial charge is 0.262 e. The van der Waals surface area contributed by atoms with Crippen LogP contribution in [0, 0.1) is 0 Å². The summed E-state index contributed by atoms with van der Waals surface area (Å²) < 4.78 is 10.7. The maximum absolute atomic E-state index is 12.0. The Morgan fingerprint density at radius 2 is 1.73 bits per heavy atom. The Kier molecular flexibility index (Phi) is 7.45. The highest BCUT2D eigenvalue weighted by atomic mass is 16.5. The van der Waals surface area contributed by atoms with Crippen LogP contribution in [0.2, 0.25) is 0 Å². The number of anilines is 1. The maximum atomic E-state index is 12.0. The van der Waals surface area contributed by atoms with Crippen LogP contribution in [0.3, 0.4) is 0 Å². The summed E-state index contributed by atoms with van der Waals surface area (Å²) in [5.74, 6) is 0.604. The molecule has 7 heteroatoms. The van der Waals surface area contributed by atoms with E-state index in [2.05, 4.69) is 10.6 Å². The summed E-state index contributed by atoms with van der Waals surface area (Å²) in [6.07, 6.45) is 0. The predicted molar refractivity (Wildman–Crippen MR) is 97.6 cm³/mol. The first-order chi connectivity index (χ1) is 12.6. The molecule has 0 saturated heterocycles. The van der Waals surface area contributed by atoms with Crippen LogP contribution in [0.5, 0.6) is 11.5 Å². The Bertz CT molecular complexity index is 731. The highest BCUT2D eigenvalue weighted by molar-refractivity contribution is 5.97. The van der Waals surface area contributed by atoms with Crippen molar-refractivity contribution in [1.29, 1.82) is 0 Å². The molecule has 2 amide bonds. The molecule has 0 heterocycles. The number of carbonyl (C=O) groups excluding carboxylic acids is 2. The van der Waals surface area contributed by atoms with Crippen molar-refractivity contribution in [3.8, 4) is 11.5 Å². The number of ether oxygens (including phenoxy) is 2. The molecule has 0 aromatic heterocycles. The molecule has 0 aliphatic rings. The number of hydrogen-bond donors (Lipinski definition) is 3. The second kappa shape index (κ2) is 10.0. The third-order valence-electron chi connectivity index (χ3n) is 3.30. The standard InChI is InChI=1S/C19H22N2O5/c1-2-20-19(24)14-4-3-5-15(12-14)21-18(23)13-26-17-8-6-16(7-9-17)25-11-10-22/h3-9,12,22H,2,10-11,13H2,1H3,(H,20,24)(H,21,23). The zero-order valence-electron chi connectivity index (χ0n) is 14.5. The van der Waals surface area contributed by atoms with E-state index in [0.717, 1.165) is 0 Å². The Morgan fingerprint density at radius 1 is 1.04 bits per heavy atom.